The van der Waals surface area contributed by atoms with Crippen LogP contribution in [0.3, 0.4) is 0 Å². The fraction of sp³-hybridized carbons (Fsp3) is 0.714. The van der Waals surface area contributed by atoms with E-state index in [2.05, 4.69) is 4.98 Å². The van der Waals surface area contributed by atoms with Crippen LogP contribution in [0.2, 0.25) is 0 Å². The molecule has 7 heteroatoms. The molecule has 0 bridgehead atoms. The third-order valence-electron chi connectivity index (χ3n) is 4.64. The Labute approximate surface area is 124 Å². The van der Waals surface area contributed by atoms with Crippen molar-refractivity contribution in [1.82, 2.24) is 9.55 Å². The van der Waals surface area contributed by atoms with Crippen LogP contribution in [-0.4, -0.2) is 40.6 Å². The molecule has 6 nitrogen and oxygen atoms in total. The van der Waals surface area contributed by atoms with Crippen LogP contribution >= 0.6 is 0 Å². The summed E-state index contributed by atoms with van der Waals surface area (Å²) in [6.07, 6.45) is 5.34. The molecule has 0 spiro atoms. The van der Waals surface area contributed by atoms with Gasteiger partial charge in [-0.3, -0.25) is 4.79 Å². The predicted octanol–water partition coefficient (Wildman–Crippen LogP) is 1.21. The van der Waals surface area contributed by atoms with Crippen molar-refractivity contribution in [1.29, 1.82) is 0 Å². The molecule has 1 unspecified atom stereocenters. The van der Waals surface area contributed by atoms with Gasteiger partial charge in [0.25, 0.3) is 0 Å². The first-order valence-electron chi connectivity index (χ1n) is 7.44. The topological polar surface area (TPSA) is 89.3 Å². The van der Waals surface area contributed by atoms with Crippen molar-refractivity contribution < 1.29 is 18.3 Å². The number of fused-ring (bicyclic) bond motifs is 1. The number of hydrogen-bond donors (Lipinski definition) is 1. The molecule has 21 heavy (non-hydrogen) atoms. The lowest BCUT2D eigenvalue weighted by Crippen LogP contribution is -2.27. The zero-order chi connectivity index (χ0) is 15.0. The first-order chi connectivity index (χ1) is 9.96. The van der Waals surface area contributed by atoms with E-state index >= 15 is 0 Å². The van der Waals surface area contributed by atoms with E-state index in [1.54, 1.807) is 6.20 Å². The molecule has 1 aromatic rings. The summed E-state index contributed by atoms with van der Waals surface area (Å²) in [6, 6.07) is 0. The van der Waals surface area contributed by atoms with Gasteiger partial charge in [-0.15, -0.1) is 0 Å². The van der Waals surface area contributed by atoms with Crippen molar-refractivity contribution in [2.24, 2.45) is 5.92 Å². The van der Waals surface area contributed by atoms with Crippen LogP contribution < -0.4 is 0 Å². The van der Waals surface area contributed by atoms with Crippen LogP contribution in [0.15, 0.2) is 6.20 Å². The van der Waals surface area contributed by atoms with Gasteiger partial charge < -0.3 is 9.67 Å². The van der Waals surface area contributed by atoms with E-state index in [4.69, 9.17) is 0 Å². The highest BCUT2D eigenvalue weighted by Gasteiger charge is 2.30. The molecule has 0 aromatic carbocycles. The fourth-order valence-electron chi connectivity index (χ4n) is 3.38. The monoisotopic (exact) mass is 312 g/mol. The van der Waals surface area contributed by atoms with Crippen LogP contribution in [-0.2, 0) is 27.6 Å². The number of rotatable bonds is 3. The Kier molecular flexibility index (Phi) is 3.77. The molecule has 0 radical (unpaired) electrons. The number of imidazole rings is 1. The number of aliphatic carboxylic acids is 1. The number of carbonyl (C=O) groups is 1. The number of carboxylic acids is 1. The molecular weight excluding hydrogens is 292 g/mol. The molecule has 1 saturated heterocycles. The molecule has 0 aliphatic carbocycles. The molecule has 0 saturated carbocycles. The first kappa shape index (κ1) is 14.6. The van der Waals surface area contributed by atoms with E-state index in [9.17, 15) is 18.3 Å². The lowest BCUT2D eigenvalue weighted by atomic mass is 9.95. The normalized spacial score (nSPS) is 25.4. The summed E-state index contributed by atoms with van der Waals surface area (Å²) < 4.78 is 25.0. The van der Waals surface area contributed by atoms with Crippen LogP contribution in [0.25, 0.3) is 0 Å². The highest BCUT2D eigenvalue weighted by molar-refractivity contribution is 7.91. The Hall–Kier alpha value is -1.37. The van der Waals surface area contributed by atoms with Gasteiger partial charge in [0.2, 0.25) is 0 Å². The molecule has 1 fully saturated rings. The van der Waals surface area contributed by atoms with E-state index in [-0.39, 0.29) is 11.5 Å². The summed E-state index contributed by atoms with van der Waals surface area (Å²) in [6.45, 7) is 0.819. The molecule has 1 aromatic heterocycles. The average molecular weight is 312 g/mol. The third-order valence-corrected chi connectivity index (χ3v) is 6.36. The lowest BCUT2D eigenvalue weighted by molar-refractivity contribution is -0.139. The number of carboxylic acid groups (broad SMARTS) is 1. The summed E-state index contributed by atoms with van der Waals surface area (Å²) in [5, 5.41) is 9.27. The Morgan fingerprint density at radius 1 is 1.33 bits per heavy atom. The van der Waals surface area contributed by atoms with Gasteiger partial charge in [0.1, 0.15) is 15.7 Å². The Morgan fingerprint density at radius 3 is 2.71 bits per heavy atom. The second-order valence-electron chi connectivity index (χ2n) is 6.08. The smallest absolute Gasteiger partial charge is 0.312 e. The second kappa shape index (κ2) is 5.44. The molecule has 1 atom stereocenters. The molecule has 1 N–H and O–H groups in total. The molecule has 0 amide bonds. The number of aromatic nitrogens is 2. The van der Waals surface area contributed by atoms with E-state index in [1.165, 1.54) is 0 Å². The summed E-state index contributed by atoms with van der Waals surface area (Å²) >= 11 is 0. The Morgan fingerprint density at radius 2 is 2.05 bits per heavy atom. The maximum absolute atomic E-state index is 11.5. The van der Waals surface area contributed by atoms with Gasteiger partial charge in [0.05, 0.1) is 23.1 Å². The molecule has 3 heterocycles. The van der Waals surface area contributed by atoms with Crippen molar-refractivity contribution in [3.8, 4) is 0 Å². The van der Waals surface area contributed by atoms with Crippen LogP contribution in [0.5, 0.6) is 0 Å². The predicted molar refractivity (Wildman–Crippen MR) is 76.9 cm³/mol. The zero-order valence-corrected chi connectivity index (χ0v) is 12.7. The van der Waals surface area contributed by atoms with Crippen LogP contribution in [0, 0.1) is 5.92 Å². The fourth-order valence-corrected chi connectivity index (χ4v) is 4.97. The standard InChI is InChI=1S/C14H20N2O4S/c17-14(18)11-2-1-5-16-12(11)9-15-13(16)8-10-3-6-21(19,20)7-4-10/h9-11H,1-8H2,(H,17,18). The minimum absolute atomic E-state index is 0.267. The van der Waals surface area contributed by atoms with Gasteiger partial charge in [0.15, 0.2) is 0 Å². The number of hydrogen-bond acceptors (Lipinski definition) is 4. The van der Waals surface area contributed by atoms with Gasteiger partial charge in [-0.1, -0.05) is 0 Å². The highest BCUT2D eigenvalue weighted by Crippen LogP contribution is 2.30. The van der Waals surface area contributed by atoms with E-state index < -0.39 is 21.7 Å². The van der Waals surface area contributed by atoms with E-state index in [0.29, 0.717) is 25.2 Å². The largest absolute Gasteiger partial charge is 0.481 e. The summed E-state index contributed by atoms with van der Waals surface area (Å²) in [5.41, 5.74) is 0.798. The third kappa shape index (κ3) is 2.97. The summed E-state index contributed by atoms with van der Waals surface area (Å²) in [4.78, 5) is 15.7. The van der Waals surface area contributed by atoms with Crippen molar-refractivity contribution in [3.05, 3.63) is 17.7 Å². The van der Waals surface area contributed by atoms with Gasteiger partial charge in [-0.2, -0.15) is 0 Å². The van der Waals surface area contributed by atoms with Crippen molar-refractivity contribution in [3.63, 3.8) is 0 Å². The van der Waals surface area contributed by atoms with E-state index in [0.717, 1.165) is 30.9 Å². The molecule has 3 rings (SSSR count). The van der Waals surface area contributed by atoms with Crippen molar-refractivity contribution in [2.45, 2.75) is 44.6 Å². The quantitative estimate of drug-likeness (QED) is 0.906. The number of sulfone groups is 1. The molecular formula is C14H20N2O4S. The van der Waals surface area contributed by atoms with Gasteiger partial charge in [0, 0.05) is 19.2 Å². The molecule has 116 valence electrons. The average Bonchev–Trinajstić information content (AvgIpc) is 2.84. The summed E-state index contributed by atoms with van der Waals surface area (Å²) in [7, 11) is -2.84. The van der Waals surface area contributed by atoms with Crippen molar-refractivity contribution >= 4 is 15.8 Å². The van der Waals surface area contributed by atoms with Gasteiger partial charge in [-0.05, 0) is 31.6 Å². The molecule has 2 aliphatic rings. The minimum Gasteiger partial charge on any atom is -0.481 e. The van der Waals surface area contributed by atoms with E-state index in [1.807, 2.05) is 4.57 Å². The highest BCUT2D eigenvalue weighted by atomic mass is 32.2. The maximum atomic E-state index is 11.5. The van der Waals surface area contributed by atoms with Crippen molar-refractivity contribution in [2.75, 3.05) is 11.5 Å². The Bertz CT molecular complexity index is 636. The van der Waals surface area contributed by atoms with Crippen LogP contribution in [0.4, 0.5) is 0 Å². The first-order valence-corrected chi connectivity index (χ1v) is 9.26. The SMILES string of the molecule is O=C(O)C1CCCn2c1cnc2CC1CCS(=O)(=O)CC1. The van der Waals surface area contributed by atoms with Gasteiger partial charge >= 0.3 is 5.97 Å². The lowest BCUT2D eigenvalue weighted by Gasteiger charge is -2.25. The zero-order valence-electron chi connectivity index (χ0n) is 11.9. The van der Waals surface area contributed by atoms with Crippen LogP contribution in [0.1, 0.15) is 43.1 Å². The second-order valence-corrected chi connectivity index (χ2v) is 8.39. The van der Waals surface area contributed by atoms with Gasteiger partial charge in [-0.25, -0.2) is 13.4 Å². The Balaban J connectivity index is 1.75. The number of nitrogens with zero attached hydrogens (tertiary/aromatic N) is 2. The minimum atomic E-state index is -2.84. The maximum Gasteiger partial charge on any atom is 0.312 e. The molecule has 2 aliphatic heterocycles. The summed E-state index contributed by atoms with van der Waals surface area (Å²) in [5.74, 6) is 0.551.